The summed E-state index contributed by atoms with van der Waals surface area (Å²) in [5.41, 5.74) is 0.508. The third-order valence-corrected chi connectivity index (χ3v) is 11.6. The van der Waals surface area contributed by atoms with Crippen LogP contribution in [0.4, 0.5) is 42.8 Å². The van der Waals surface area contributed by atoms with E-state index < -0.39 is 99.6 Å². The number of hydrogen-bond donors (Lipinski definition) is 1. The molecule has 3 aromatic rings. The zero-order valence-corrected chi connectivity index (χ0v) is 32.3. The van der Waals surface area contributed by atoms with Crippen molar-refractivity contribution in [1.29, 1.82) is 0 Å². The highest BCUT2D eigenvalue weighted by molar-refractivity contribution is 6.04. The van der Waals surface area contributed by atoms with Crippen molar-refractivity contribution in [3.05, 3.63) is 41.0 Å². The maximum atomic E-state index is 17.2. The SMILES string of the molecule is C=C1C[C@@H]2[C@H](CC)N(C(=O)OC(C)OC(=O)C(C)C)CCN2c2nc(OC[C@@]34CCCN3C[C@H](F)C4)nc3c(F)c(-c4nc(N)cc(C)c4C(F)(F)F)c(F)c1c23. The first-order valence-electron chi connectivity index (χ1n) is 19.1. The Morgan fingerprint density at radius 1 is 1.07 bits per heavy atom. The van der Waals surface area contributed by atoms with Crippen LogP contribution >= 0.6 is 0 Å². The summed E-state index contributed by atoms with van der Waals surface area (Å²) in [5, 5.41) is -0.145. The van der Waals surface area contributed by atoms with Crippen molar-refractivity contribution in [2.24, 2.45) is 5.92 Å². The van der Waals surface area contributed by atoms with Gasteiger partial charge in [0.15, 0.2) is 5.82 Å². The van der Waals surface area contributed by atoms with Crippen molar-refractivity contribution in [2.75, 3.05) is 43.4 Å². The van der Waals surface area contributed by atoms with Gasteiger partial charge in [-0.2, -0.15) is 23.1 Å². The molecular weight excluding hydrogens is 760 g/mol. The van der Waals surface area contributed by atoms with Gasteiger partial charge >= 0.3 is 24.2 Å². The summed E-state index contributed by atoms with van der Waals surface area (Å²) in [6, 6.07) is -0.716. The number of carbonyl (C=O) groups excluding carboxylic acids is 2. The lowest BCUT2D eigenvalue weighted by Gasteiger charge is -2.47. The van der Waals surface area contributed by atoms with Gasteiger partial charge in [0.05, 0.1) is 45.7 Å². The number of aromatic nitrogens is 3. The molecule has 308 valence electrons. The van der Waals surface area contributed by atoms with Crippen LogP contribution in [0.2, 0.25) is 0 Å². The fourth-order valence-corrected chi connectivity index (χ4v) is 9.04. The molecule has 0 bridgehead atoms. The van der Waals surface area contributed by atoms with Crippen LogP contribution in [-0.4, -0.2) is 99.7 Å². The van der Waals surface area contributed by atoms with E-state index in [9.17, 15) is 27.2 Å². The van der Waals surface area contributed by atoms with Gasteiger partial charge in [0.25, 0.3) is 0 Å². The molecule has 1 unspecified atom stereocenters. The minimum Gasteiger partial charge on any atom is -0.461 e. The Morgan fingerprint density at radius 2 is 1.81 bits per heavy atom. The van der Waals surface area contributed by atoms with Crippen molar-refractivity contribution in [2.45, 2.75) is 103 Å². The van der Waals surface area contributed by atoms with Gasteiger partial charge in [-0.3, -0.25) is 9.69 Å². The second-order valence-corrected chi connectivity index (χ2v) is 15.7. The lowest BCUT2D eigenvalue weighted by Crippen LogP contribution is -2.61. The summed E-state index contributed by atoms with van der Waals surface area (Å²) in [6.07, 6.45) is -6.21. The summed E-state index contributed by atoms with van der Waals surface area (Å²) in [5.74, 6) is -4.20. The van der Waals surface area contributed by atoms with Gasteiger partial charge in [0, 0.05) is 38.5 Å². The molecule has 0 aliphatic carbocycles. The van der Waals surface area contributed by atoms with Crippen LogP contribution in [0.15, 0.2) is 12.6 Å². The third kappa shape index (κ3) is 7.07. The summed E-state index contributed by atoms with van der Waals surface area (Å²) >= 11 is 0. The van der Waals surface area contributed by atoms with Crippen LogP contribution in [0.5, 0.6) is 6.01 Å². The molecule has 7 rings (SSSR count). The van der Waals surface area contributed by atoms with E-state index in [1.54, 1.807) is 18.7 Å². The average Bonchev–Trinajstić information content (AvgIpc) is 3.60. The molecule has 0 radical (unpaired) electrons. The molecule has 0 saturated carbocycles. The quantitative estimate of drug-likeness (QED) is 0.141. The Bertz CT molecular complexity index is 2140. The number of benzene rings is 1. The molecule has 6 heterocycles. The highest BCUT2D eigenvalue weighted by Gasteiger charge is 2.50. The van der Waals surface area contributed by atoms with E-state index in [0.717, 1.165) is 19.4 Å². The minimum atomic E-state index is -5.08. The summed E-state index contributed by atoms with van der Waals surface area (Å²) in [6.45, 7) is 12.7. The maximum Gasteiger partial charge on any atom is 0.418 e. The number of anilines is 2. The number of nitrogens with zero attached hydrogens (tertiary/aromatic N) is 6. The number of fused-ring (bicyclic) bond motifs is 3. The van der Waals surface area contributed by atoms with Crippen LogP contribution in [0.25, 0.3) is 27.7 Å². The second-order valence-electron chi connectivity index (χ2n) is 15.7. The Labute approximate surface area is 325 Å². The van der Waals surface area contributed by atoms with Gasteiger partial charge in [0.1, 0.15) is 35.7 Å². The van der Waals surface area contributed by atoms with Crippen LogP contribution in [-0.2, 0) is 20.4 Å². The Kier molecular flexibility index (Phi) is 10.5. The molecule has 4 aliphatic rings. The largest absolute Gasteiger partial charge is 0.461 e. The molecule has 12 nitrogen and oxygen atoms in total. The number of halogens is 6. The standard InChI is InChI=1S/C39H45F6N7O5/c1-7-23-24-13-19(4)26-27-33(31(42)28(30(26)41)32-29(39(43,44)45)20(5)14-25(46)47-32)48-36(55-17-38-9-8-10-50(38)16-22(40)15-38)49-34(27)51(24)11-12-52(23)37(54)57-21(6)56-35(53)18(2)3/h14,18,21-24H,4,7-13,15-17H2,1-3,5-6H3,(H2,46,47)/t21?,22-,23+,24-,38+/m1/s1. The van der Waals surface area contributed by atoms with Gasteiger partial charge in [0.2, 0.25) is 6.29 Å². The molecule has 0 spiro atoms. The predicted molar refractivity (Wildman–Crippen MR) is 198 cm³/mol. The van der Waals surface area contributed by atoms with Crippen LogP contribution in [0.3, 0.4) is 0 Å². The molecule has 2 N–H and O–H groups in total. The van der Waals surface area contributed by atoms with E-state index in [4.69, 9.17) is 24.9 Å². The first kappa shape index (κ1) is 40.3. The lowest BCUT2D eigenvalue weighted by molar-refractivity contribution is -0.170. The normalized spacial score (nSPS) is 24.1. The third-order valence-electron chi connectivity index (χ3n) is 11.6. The number of hydrogen-bond acceptors (Lipinski definition) is 11. The van der Waals surface area contributed by atoms with E-state index in [-0.39, 0.29) is 67.4 Å². The first-order chi connectivity index (χ1) is 26.8. The Balaban J connectivity index is 1.37. The van der Waals surface area contributed by atoms with Gasteiger partial charge in [-0.1, -0.05) is 27.4 Å². The predicted octanol–water partition coefficient (Wildman–Crippen LogP) is 7.20. The topological polar surface area (TPSA) is 136 Å². The maximum absolute atomic E-state index is 17.2. The van der Waals surface area contributed by atoms with Crippen LogP contribution in [0, 0.1) is 24.5 Å². The van der Waals surface area contributed by atoms with E-state index in [1.165, 1.54) is 11.8 Å². The van der Waals surface area contributed by atoms with E-state index in [1.807, 2.05) is 11.8 Å². The van der Waals surface area contributed by atoms with Crippen LogP contribution < -0.4 is 15.4 Å². The second kappa shape index (κ2) is 14.8. The van der Waals surface area contributed by atoms with Crippen molar-refractivity contribution in [3.63, 3.8) is 0 Å². The summed E-state index contributed by atoms with van der Waals surface area (Å²) in [7, 11) is 0. The highest BCUT2D eigenvalue weighted by atomic mass is 19.4. The zero-order chi connectivity index (χ0) is 41.3. The number of nitrogen functional groups attached to an aromatic ring is 1. The lowest BCUT2D eigenvalue weighted by atomic mass is 9.89. The van der Waals surface area contributed by atoms with Gasteiger partial charge < -0.3 is 29.7 Å². The number of nitrogens with two attached hydrogens (primary N) is 1. The first-order valence-corrected chi connectivity index (χ1v) is 19.1. The number of ether oxygens (including phenoxy) is 3. The highest BCUT2D eigenvalue weighted by Crippen LogP contribution is 2.49. The molecule has 18 heteroatoms. The number of piperazine rings is 1. The average molecular weight is 806 g/mol. The zero-order valence-electron chi connectivity index (χ0n) is 32.3. The van der Waals surface area contributed by atoms with Crippen molar-refractivity contribution in [1.82, 2.24) is 24.8 Å². The van der Waals surface area contributed by atoms with Crippen molar-refractivity contribution >= 4 is 40.2 Å². The number of pyridine rings is 1. The van der Waals surface area contributed by atoms with Gasteiger partial charge in [-0.15, -0.1) is 0 Å². The van der Waals surface area contributed by atoms with E-state index >= 15 is 8.78 Å². The van der Waals surface area contributed by atoms with Gasteiger partial charge in [-0.05, 0) is 56.4 Å². The Hall–Kier alpha value is -4.87. The van der Waals surface area contributed by atoms with Crippen molar-refractivity contribution in [3.8, 4) is 17.3 Å². The molecule has 2 aromatic heterocycles. The number of aryl methyl sites for hydroxylation is 1. The molecule has 1 aromatic carbocycles. The fraction of sp³-hybridized carbons (Fsp3) is 0.564. The molecule has 5 atom stereocenters. The molecule has 1 amide bonds. The smallest absolute Gasteiger partial charge is 0.418 e. The van der Waals surface area contributed by atoms with E-state index in [2.05, 4.69) is 16.5 Å². The number of carbonyl (C=O) groups is 2. The van der Waals surface area contributed by atoms with Gasteiger partial charge in [-0.25, -0.2) is 22.9 Å². The number of esters is 1. The monoisotopic (exact) mass is 805 g/mol. The molecule has 57 heavy (non-hydrogen) atoms. The van der Waals surface area contributed by atoms with Crippen molar-refractivity contribution < 1.29 is 50.1 Å². The van der Waals surface area contributed by atoms with E-state index in [0.29, 0.717) is 19.4 Å². The fourth-order valence-electron chi connectivity index (χ4n) is 9.04. The number of alkyl halides is 4. The number of amides is 1. The molecule has 3 fully saturated rings. The molecular formula is C39H45F6N7O5. The minimum absolute atomic E-state index is 0.0204. The molecule has 4 aliphatic heterocycles. The van der Waals surface area contributed by atoms with Crippen LogP contribution in [0.1, 0.15) is 76.5 Å². The number of rotatable bonds is 8. The Morgan fingerprint density at radius 3 is 2.49 bits per heavy atom. The molecule has 3 saturated heterocycles. The summed E-state index contributed by atoms with van der Waals surface area (Å²) < 4.78 is 110. The summed E-state index contributed by atoms with van der Waals surface area (Å²) in [4.78, 5) is 43.9.